The van der Waals surface area contributed by atoms with Crippen LogP contribution in [-0.4, -0.2) is 73.9 Å². The number of hydrogen-bond donors (Lipinski definition) is 0. The topological polar surface area (TPSA) is 69.6 Å². The molecule has 2 fully saturated rings. The summed E-state index contributed by atoms with van der Waals surface area (Å²) in [4.78, 5) is 13.2. The summed E-state index contributed by atoms with van der Waals surface area (Å²) < 4.78 is 62.4. The minimum absolute atomic E-state index is 0.135. The molecule has 0 aromatic carbocycles. The molecule has 11 heteroatoms. The van der Waals surface area contributed by atoms with Gasteiger partial charge < -0.3 is 9.80 Å². The molecule has 0 N–H and O–H groups in total. The third kappa shape index (κ3) is 5.22. The molecule has 0 aliphatic carbocycles. The van der Waals surface area contributed by atoms with Crippen molar-refractivity contribution in [1.29, 1.82) is 0 Å². The van der Waals surface area contributed by atoms with Crippen LogP contribution in [0.15, 0.2) is 6.07 Å². The number of aromatic nitrogens is 2. The lowest BCUT2D eigenvalue weighted by molar-refractivity contribution is -0.130. The maximum Gasteiger partial charge on any atom is 0.390 e. The van der Waals surface area contributed by atoms with Crippen LogP contribution in [0.3, 0.4) is 0 Å². The molecule has 1 aromatic rings. The molecule has 1 aromatic heterocycles. The lowest BCUT2D eigenvalue weighted by Gasteiger charge is -2.34. The van der Waals surface area contributed by atoms with Gasteiger partial charge in [-0.3, -0.25) is 0 Å². The molecule has 0 saturated carbocycles. The zero-order valence-corrected chi connectivity index (χ0v) is 16.1. The van der Waals surface area contributed by atoms with Gasteiger partial charge in [-0.2, -0.15) is 22.5 Å². The van der Waals surface area contributed by atoms with Gasteiger partial charge in [-0.05, 0) is 19.8 Å². The van der Waals surface area contributed by atoms with Crippen LogP contribution in [0, 0.1) is 6.92 Å². The number of aryl methyl sites for hydroxylation is 1. The van der Waals surface area contributed by atoms with E-state index in [1.165, 1.54) is 0 Å². The van der Waals surface area contributed by atoms with Crippen LogP contribution in [0.25, 0.3) is 0 Å². The van der Waals surface area contributed by atoms with Crippen molar-refractivity contribution in [2.24, 2.45) is 0 Å². The van der Waals surface area contributed by atoms with Gasteiger partial charge in [-0.25, -0.2) is 13.4 Å². The Morgan fingerprint density at radius 3 is 2.22 bits per heavy atom. The van der Waals surface area contributed by atoms with Crippen LogP contribution < -0.4 is 9.80 Å². The Bertz CT molecular complexity index is 758. The fourth-order valence-corrected chi connectivity index (χ4v) is 4.79. The van der Waals surface area contributed by atoms with E-state index in [1.807, 2.05) is 17.9 Å². The number of anilines is 2. The van der Waals surface area contributed by atoms with E-state index >= 15 is 0 Å². The molecule has 0 bridgehead atoms. The number of sulfonamides is 1. The summed E-state index contributed by atoms with van der Waals surface area (Å²) in [6.45, 7) is 4.79. The third-order valence-corrected chi connectivity index (χ3v) is 6.69. The molecular formula is C16H24F3N5O2S. The van der Waals surface area contributed by atoms with Gasteiger partial charge in [0.2, 0.25) is 16.0 Å². The quantitative estimate of drug-likeness (QED) is 0.741. The SMILES string of the molecule is Cc1cc(N2CCCC2)nc(N2CCN(S(=O)(=O)CCC(F)(F)F)CC2)n1. The Balaban J connectivity index is 1.63. The molecule has 2 saturated heterocycles. The van der Waals surface area contributed by atoms with E-state index in [1.54, 1.807) is 0 Å². The van der Waals surface area contributed by atoms with Gasteiger partial charge in [0.25, 0.3) is 0 Å². The molecular weight excluding hydrogens is 383 g/mol. The first-order valence-electron chi connectivity index (χ1n) is 9.04. The molecule has 0 amide bonds. The van der Waals surface area contributed by atoms with E-state index in [2.05, 4.69) is 14.9 Å². The summed E-state index contributed by atoms with van der Waals surface area (Å²) in [5, 5.41) is 0. The molecule has 27 heavy (non-hydrogen) atoms. The number of rotatable bonds is 5. The predicted octanol–water partition coefficient (Wildman–Crippen LogP) is 1.79. The smallest absolute Gasteiger partial charge is 0.356 e. The highest BCUT2D eigenvalue weighted by molar-refractivity contribution is 7.89. The number of halogens is 3. The zero-order chi connectivity index (χ0) is 19.7. The predicted molar refractivity (Wildman–Crippen MR) is 96.5 cm³/mol. The van der Waals surface area contributed by atoms with Gasteiger partial charge in [0.1, 0.15) is 5.82 Å². The normalized spacial score (nSPS) is 19.7. The molecule has 3 heterocycles. The van der Waals surface area contributed by atoms with Crippen molar-refractivity contribution in [2.45, 2.75) is 32.4 Å². The summed E-state index contributed by atoms with van der Waals surface area (Å²) in [7, 11) is -3.91. The Morgan fingerprint density at radius 1 is 1.00 bits per heavy atom. The van der Waals surface area contributed by atoms with Crippen LogP contribution in [-0.2, 0) is 10.0 Å². The number of hydrogen-bond acceptors (Lipinski definition) is 6. The second-order valence-electron chi connectivity index (χ2n) is 6.93. The fraction of sp³-hybridized carbons (Fsp3) is 0.750. The van der Waals surface area contributed by atoms with E-state index in [0.29, 0.717) is 19.0 Å². The van der Waals surface area contributed by atoms with Crippen LogP contribution in [0.1, 0.15) is 25.0 Å². The van der Waals surface area contributed by atoms with Crippen LogP contribution in [0.2, 0.25) is 0 Å². The van der Waals surface area contributed by atoms with Crippen molar-refractivity contribution in [3.05, 3.63) is 11.8 Å². The highest BCUT2D eigenvalue weighted by Gasteiger charge is 2.34. The highest BCUT2D eigenvalue weighted by atomic mass is 32.2. The summed E-state index contributed by atoms with van der Waals surface area (Å²) in [5.74, 6) is 0.510. The first-order chi connectivity index (χ1) is 12.6. The Morgan fingerprint density at radius 2 is 1.63 bits per heavy atom. The lowest BCUT2D eigenvalue weighted by Crippen LogP contribution is -2.50. The Labute approximate surface area is 157 Å². The standard InChI is InChI=1S/C16H24F3N5O2S/c1-13-12-14(22-5-2-3-6-22)21-15(20-13)23-7-9-24(10-8-23)27(25,26)11-4-16(17,18)19/h12H,2-11H2,1H3. The van der Waals surface area contributed by atoms with E-state index in [-0.39, 0.29) is 13.1 Å². The maximum atomic E-state index is 12.3. The van der Waals surface area contributed by atoms with Crippen LogP contribution in [0.4, 0.5) is 24.9 Å². The summed E-state index contributed by atoms with van der Waals surface area (Å²) in [6, 6.07) is 1.94. The van der Waals surface area contributed by atoms with Gasteiger partial charge in [-0.1, -0.05) is 0 Å². The van der Waals surface area contributed by atoms with E-state index in [9.17, 15) is 21.6 Å². The summed E-state index contributed by atoms with van der Waals surface area (Å²) in [6.07, 6.45) is -3.54. The monoisotopic (exact) mass is 407 g/mol. The first-order valence-corrected chi connectivity index (χ1v) is 10.7. The Hall–Kier alpha value is -1.62. The van der Waals surface area contributed by atoms with Crippen molar-refractivity contribution in [3.63, 3.8) is 0 Å². The molecule has 0 spiro atoms. The van der Waals surface area contributed by atoms with Crippen molar-refractivity contribution in [2.75, 3.05) is 54.8 Å². The zero-order valence-electron chi connectivity index (χ0n) is 15.2. The number of alkyl halides is 3. The fourth-order valence-electron chi connectivity index (χ4n) is 3.33. The number of piperazine rings is 1. The van der Waals surface area contributed by atoms with Crippen LogP contribution in [0.5, 0.6) is 0 Å². The maximum absolute atomic E-state index is 12.3. The van der Waals surface area contributed by atoms with E-state index in [4.69, 9.17) is 0 Å². The Kier molecular flexibility index (Phi) is 5.80. The average Bonchev–Trinajstić information content (AvgIpc) is 3.14. The lowest BCUT2D eigenvalue weighted by atomic mass is 10.3. The third-order valence-electron chi connectivity index (χ3n) is 4.82. The second kappa shape index (κ2) is 7.78. The molecule has 0 unspecified atom stereocenters. The highest BCUT2D eigenvalue weighted by Crippen LogP contribution is 2.24. The summed E-state index contributed by atoms with van der Waals surface area (Å²) in [5.41, 5.74) is 0.835. The van der Waals surface area contributed by atoms with E-state index in [0.717, 1.165) is 41.7 Å². The van der Waals surface area contributed by atoms with Gasteiger partial charge in [0.15, 0.2) is 0 Å². The van der Waals surface area contributed by atoms with Crippen molar-refractivity contribution in [3.8, 4) is 0 Å². The average molecular weight is 407 g/mol. The molecule has 7 nitrogen and oxygen atoms in total. The first kappa shape index (κ1) is 20.1. The van der Waals surface area contributed by atoms with Gasteiger partial charge in [0, 0.05) is 51.0 Å². The van der Waals surface area contributed by atoms with Crippen molar-refractivity contribution < 1.29 is 21.6 Å². The number of nitrogens with zero attached hydrogens (tertiary/aromatic N) is 5. The van der Waals surface area contributed by atoms with Crippen molar-refractivity contribution in [1.82, 2.24) is 14.3 Å². The van der Waals surface area contributed by atoms with Gasteiger partial charge in [0.05, 0.1) is 12.2 Å². The minimum Gasteiger partial charge on any atom is -0.356 e. The molecule has 2 aliphatic rings. The van der Waals surface area contributed by atoms with Crippen molar-refractivity contribution >= 4 is 21.8 Å². The molecule has 0 radical (unpaired) electrons. The van der Waals surface area contributed by atoms with Gasteiger partial charge >= 0.3 is 6.18 Å². The second-order valence-corrected chi connectivity index (χ2v) is 9.02. The molecule has 3 rings (SSSR count). The van der Waals surface area contributed by atoms with E-state index < -0.39 is 28.4 Å². The van der Waals surface area contributed by atoms with Crippen LogP contribution >= 0.6 is 0 Å². The molecule has 152 valence electrons. The van der Waals surface area contributed by atoms with Gasteiger partial charge in [-0.15, -0.1) is 0 Å². The molecule has 0 atom stereocenters. The largest absolute Gasteiger partial charge is 0.390 e. The minimum atomic E-state index is -4.48. The molecule has 2 aliphatic heterocycles. The summed E-state index contributed by atoms with van der Waals surface area (Å²) >= 11 is 0.